The van der Waals surface area contributed by atoms with Gasteiger partial charge in [-0.25, -0.2) is 0 Å². The van der Waals surface area contributed by atoms with Gasteiger partial charge in [-0.15, -0.1) is 0 Å². The molecular weight excluding hydrogens is 280 g/mol. The molecule has 116 valence electrons. The monoisotopic (exact) mass is 300 g/mol. The van der Waals surface area contributed by atoms with E-state index in [0.717, 1.165) is 19.4 Å². The second kappa shape index (κ2) is 6.22. The molecule has 1 heterocycles. The zero-order valence-electron chi connectivity index (χ0n) is 12.5. The van der Waals surface area contributed by atoms with Gasteiger partial charge in [0.05, 0.1) is 0 Å². The maximum Gasteiger partial charge on any atom is 0.251 e. The van der Waals surface area contributed by atoms with Crippen LogP contribution in [0.1, 0.15) is 29.6 Å². The Kier molecular flexibility index (Phi) is 4.13. The van der Waals surface area contributed by atoms with E-state index in [0.29, 0.717) is 30.4 Å². The average molecular weight is 300 g/mol. The third kappa shape index (κ3) is 3.13. The Hall–Kier alpha value is -2.30. The molecule has 2 fully saturated rings. The van der Waals surface area contributed by atoms with Crippen molar-refractivity contribution in [2.24, 2.45) is 0 Å². The largest absolute Gasteiger partial charge is 0.490 e. The molecule has 0 bridgehead atoms. The van der Waals surface area contributed by atoms with E-state index in [1.807, 2.05) is 4.90 Å². The van der Waals surface area contributed by atoms with Crippen LogP contribution in [0.4, 0.5) is 0 Å². The van der Waals surface area contributed by atoms with Crippen LogP contribution in [-0.2, 0) is 4.79 Å². The highest BCUT2D eigenvalue weighted by Crippen LogP contribution is 2.30. The second-order valence-electron chi connectivity index (χ2n) is 5.70. The number of hydrogen-bond donors (Lipinski definition) is 1. The number of rotatable bonds is 6. The molecule has 1 aliphatic heterocycles. The van der Waals surface area contributed by atoms with E-state index in [9.17, 15) is 9.59 Å². The third-order valence-electron chi connectivity index (χ3n) is 4.02. The summed E-state index contributed by atoms with van der Waals surface area (Å²) in [5, 5.41) is 2.83. The van der Waals surface area contributed by atoms with E-state index >= 15 is 0 Å². The number of carbonyl (C=O) groups is 2. The van der Waals surface area contributed by atoms with Gasteiger partial charge in [0, 0.05) is 18.2 Å². The minimum atomic E-state index is -0.384. The first-order chi connectivity index (χ1) is 10.7. The molecule has 22 heavy (non-hydrogen) atoms. The predicted molar refractivity (Wildman–Crippen MR) is 82.7 cm³/mol. The van der Waals surface area contributed by atoms with Gasteiger partial charge in [0.1, 0.15) is 18.4 Å². The lowest BCUT2D eigenvalue weighted by atomic mass is 10.1. The summed E-state index contributed by atoms with van der Waals surface area (Å²) in [4.78, 5) is 26.3. The lowest BCUT2D eigenvalue weighted by Crippen LogP contribution is -2.42. The van der Waals surface area contributed by atoms with Crippen LogP contribution in [-0.4, -0.2) is 41.9 Å². The Morgan fingerprint density at radius 1 is 1.32 bits per heavy atom. The van der Waals surface area contributed by atoms with Crippen LogP contribution in [0, 0.1) is 0 Å². The number of ether oxygens (including phenoxy) is 1. The first-order valence-electron chi connectivity index (χ1n) is 7.64. The van der Waals surface area contributed by atoms with Gasteiger partial charge in [-0.2, -0.15) is 0 Å². The number of carbonyl (C=O) groups excluding carboxylic acids is 2. The number of likely N-dealkylation sites (tertiary alicyclic amines) is 1. The Labute approximate surface area is 129 Å². The summed E-state index contributed by atoms with van der Waals surface area (Å²) >= 11 is 0. The summed E-state index contributed by atoms with van der Waals surface area (Å²) in [5.41, 5.74) is 0.531. The normalized spacial score (nSPS) is 20.8. The highest BCUT2D eigenvalue weighted by Gasteiger charge is 2.40. The first kappa shape index (κ1) is 14.6. The molecule has 0 spiro atoms. The molecule has 1 saturated heterocycles. The molecule has 5 heteroatoms. The maximum atomic E-state index is 12.2. The molecule has 2 aliphatic rings. The van der Waals surface area contributed by atoms with Crippen molar-refractivity contribution in [1.82, 2.24) is 10.2 Å². The van der Waals surface area contributed by atoms with Gasteiger partial charge in [0.15, 0.2) is 0 Å². The van der Waals surface area contributed by atoms with Crippen LogP contribution >= 0.6 is 0 Å². The summed E-state index contributed by atoms with van der Waals surface area (Å²) in [6.07, 6.45) is 4.55. The number of nitrogens with one attached hydrogen (secondary N) is 1. The lowest BCUT2D eigenvalue weighted by Gasteiger charge is -2.16. The summed E-state index contributed by atoms with van der Waals surface area (Å²) < 4.78 is 5.38. The smallest absolute Gasteiger partial charge is 0.251 e. The van der Waals surface area contributed by atoms with Gasteiger partial charge in [-0.05, 0) is 43.5 Å². The van der Waals surface area contributed by atoms with E-state index in [2.05, 4.69) is 11.9 Å². The SMILES string of the molecule is C=CCOc1ccc(C(=O)N[C@H]2CCN(C3CC3)C2=O)cc1. The average Bonchev–Trinajstić information content (AvgIpc) is 3.31. The minimum absolute atomic E-state index is 0.0572. The van der Waals surface area contributed by atoms with Gasteiger partial charge in [-0.3, -0.25) is 9.59 Å². The van der Waals surface area contributed by atoms with Crippen molar-refractivity contribution in [3.63, 3.8) is 0 Å². The van der Waals surface area contributed by atoms with Gasteiger partial charge in [0.2, 0.25) is 5.91 Å². The zero-order valence-corrected chi connectivity index (χ0v) is 12.5. The fraction of sp³-hybridized carbons (Fsp3) is 0.412. The highest BCUT2D eigenvalue weighted by molar-refractivity contribution is 5.98. The number of nitrogens with zero attached hydrogens (tertiary/aromatic N) is 1. The quantitative estimate of drug-likeness (QED) is 0.814. The van der Waals surface area contributed by atoms with Gasteiger partial charge >= 0.3 is 0 Å². The van der Waals surface area contributed by atoms with Crippen LogP contribution < -0.4 is 10.1 Å². The van der Waals surface area contributed by atoms with E-state index in [-0.39, 0.29) is 17.9 Å². The van der Waals surface area contributed by atoms with Crippen molar-refractivity contribution in [2.45, 2.75) is 31.3 Å². The lowest BCUT2D eigenvalue weighted by molar-refractivity contribution is -0.129. The molecule has 2 amide bonds. The number of hydrogen-bond acceptors (Lipinski definition) is 3. The molecule has 1 saturated carbocycles. The molecule has 0 radical (unpaired) electrons. The van der Waals surface area contributed by atoms with Gasteiger partial charge in [-0.1, -0.05) is 12.7 Å². The molecule has 0 unspecified atom stereocenters. The van der Waals surface area contributed by atoms with Crippen molar-refractivity contribution in [3.05, 3.63) is 42.5 Å². The first-order valence-corrected chi connectivity index (χ1v) is 7.64. The third-order valence-corrected chi connectivity index (χ3v) is 4.02. The number of benzene rings is 1. The fourth-order valence-corrected chi connectivity index (χ4v) is 2.68. The Morgan fingerprint density at radius 2 is 2.05 bits per heavy atom. The van der Waals surface area contributed by atoms with E-state index < -0.39 is 0 Å². The molecule has 3 rings (SSSR count). The van der Waals surface area contributed by atoms with Gasteiger partial charge in [0.25, 0.3) is 5.91 Å². The van der Waals surface area contributed by atoms with Crippen molar-refractivity contribution < 1.29 is 14.3 Å². The summed E-state index contributed by atoms with van der Waals surface area (Å²) in [7, 11) is 0. The van der Waals surface area contributed by atoms with Crippen molar-refractivity contribution in [3.8, 4) is 5.75 Å². The van der Waals surface area contributed by atoms with Crippen LogP contribution in [0.5, 0.6) is 5.75 Å². The molecular formula is C17H20N2O3. The second-order valence-corrected chi connectivity index (χ2v) is 5.70. The Morgan fingerprint density at radius 3 is 2.68 bits per heavy atom. The van der Waals surface area contributed by atoms with Crippen LogP contribution in [0.15, 0.2) is 36.9 Å². The van der Waals surface area contributed by atoms with Crippen molar-refractivity contribution >= 4 is 11.8 Å². The van der Waals surface area contributed by atoms with Crippen LogP contribution in [0.25, 0.3) is 0 Å². The van der Waals surface area contributed by atoms with E-state index in [4.69, 9.17) is 4.74 Å². The molecule has 1 aromatic carbocycles. The molecule has 1 aliphatic carbocycles. The van der Waals surface area contributed by atoms with Gasteiger partial charge < -0.3 is 15.0 Å². The molecule has 5 nitrogen and oxygen atoms in total. The van der Waals surface area contributed by atoms with Crippen molar-refractivity contribution in [2.75, 3.05) is 13.2 Å². The number of amides is 2. The summed E-state index contributed by atoms with van der Waals surface area (Å²) in [6, 6.07) is 6.91. The molecule has 1 N–H and O–H groups in total. The van der Waals surface area contributed by atoms with Crippen LogP contribution in [0.2, 0.25) is 0 Å². The van der Waals surface area contributed by atoms with E-state index in [1.54, 1.807) is 30.3 Å². The topological polar surface area (TPSA) is 58.6 Å². The summed E-state index contributed by atoms with van der Waals surface area (Å²) in [6.45, 7) is 4.77. The van der Waals surface area contributed by atoms with E-state index in [1.165, 1.54) is 0 Å². The minimum Gasteiger partial charge on any atom is -0.490 e. The standard InChI is InChI=1S/C17H20N2O3/c1-2-11-22-14-7-3-12(4-8-14)16(20)18-15-9-10-19(17(15)21)13-5-6-13/h2-4,7-8,13,15H,1,5-6,9-11H2,(H,18,20)/t15-/m0/s1. The fourth-order valence-electron chi connectivity index (χ4n) is 2.68. The van der Waals surface area contributed by atoms with Crippen molar-refractivity contribution in [1.29, 1.82) is 0 Å². The summed E-state index contributed by atoms with van der Waals surface area (Å²) in [5.74, 6) is 0.529. The predicted octanol–water partition coefficient (Wildman–Crippen LogP) is 1.74. The maximum absolute atomic E-state index is 12.2. The van der Waals surface area contributed by atoms with Crippen LogP contribution in [0.3, 0.4) is 0 Å². The molecule has 1 aromatic rings. The molecule has 1 atom stereocenters. The molecule has 0 aromatic heterocycles. The Balaban J connectivity index is 1.57. The zero-order chi connectivity index (χ0) is 15.5. The highest BCUT2D eigenvalue weighted by atomic mass is 16.5. The Bertz CT molecular complexity index is 578.